The van der Waals surface area contributed by atoms with Crippen molar-refractivity contribution in [2.75, 3.05) is 25.0 Å². The second kappa shape index (κ2) is 10.2. The van der Waals surface area contributed by atoms with Gasteiger partial charge >= 0.3 is 0 Å². The van der Waals surface area contributed by atoms with Crippen LogP contribution in [0.2, 0.25) is 4.34 Å². The van der Waals surface area contributed by atoms with E-state index in [1.54, 1.807) is 41.3 Å². The fourth-order valence-corrected chi connectivity index (χ4v) is 5.44. The molecule has 0 atom stereocenters. The van der Waals surface area contributed by atoms with E-state index in [0.717, 1.165) is 9.18 Å². The highest BCUT2D eigenvalue weighted by atomic mass is 35.5. The molecule has 2 aromatic carbocycles. The minimum atomic E-state index is -3.84. The van der Waals surface area contributed by atoms with Crippen molar-refractivity contribution in [3.05, 3.63) is 88.1 Å². The summed E-state index contributed by atoms with van der Waals surface area (Å²) in [6.45, 7) is 4.46. The first kappa shape index (κ1) is 23.8. The molecule has 168 valence electrons. The molecule has 0 aliphatic heterocycles. The van der Waals surface area contributed by atoms with Crippen molar-refractivity contribution in [3.63, 3.8) is 0 Å². The van der Waals surface area contributed by atoms with Gasteiger partial charge in [0.2, 0.25) is 0 Å². The van der Waals surface area contributed by atoms with Crippen LogP contribution in [-0.2, 0) is 16.6 Å². The number of hydrogen-bond acceptors (Lipinski definition) is 5. The van der Waals surface area contributed by atoms with Crippen LogP contribution in [0.1, 0.15) is 15.2 Å². The van der Waals surface area contributed by atoms with E-state index in [4.69, 9.17) is 16.3 Å². The Morgan fingerprint density at radius 1 is 1.12 bits per heavy atom. The van der Waals surface area contributed by atoms with Crippen LogP contribution in [0.3, 0.4) is 0 Å². The van der Waals surface area contributed by atoms with Crippen LogP contribution in [0.25, 0.3) is 0 Å². The van der Waals surface area contributed by atoms with Crippen LogP contribution in [0.4, 0.5) is 5.69 Å². The van der Waals surface area contributed by atoms with Crippen LogP contribution in [0, 0.1) is 0 Å². The number of anilines is 1. The summed E-state index contributed by atoms with van der Waals surface area (Å²) in [4.78, 5) is 15.7. The number of thiophene rings is 1. The number of hydrogen-bond donors (Lipinski definition) is 0. The third-order valence-corrected chi connectivity index (χ3v) is 7.80. The lowest BCUT2D eigenvalue weighted by Crippen LogP contribution is -2.30. The molecule has 0 saturated carbocycles. The quantitative estimate of drug-likeness (QED) is 0.393. The van der Waals surface area contributed by atoms with Gasteiger partial charge in [0.05, 0.1) is 28.6 Å². The number of amides is 1. The molecule has 0 radical (unpaired) electrons. The highest BCUT2D eigenvalue weighted by Gasteiger charge is 2.24. The second-order valence-electron chi connectivity index (χ2n) is 6.85. The van der Waals surface area contributed by atoms with Crippen molar-refractivity contribution in [2.24, 2.45) is 0 Å². The maximum atomic E-state index is 13.1. The van der Waals surface area contributed by atoms with E-state index >= 15 is 0 Å². The Bertz CT molecular complexity index is 1210. The number of para-hydroxylation sites is 2. The molecule has 6 nitrogen and oxygen atoms in total. The summed E-state index contributed by atoms with van der Waals surface area (Å²) >= 11 is 7.40. The number of benzene rings is 2. The zero-order valence-corrected chi connectivity index (χ0v) is 20.1. The molecule has 0 unspecified atom stereocenters. The fraction of sp³-hybridized carbons (Fsp3) is 0.174. The lowest BCUT2D eigenvalue weighted by atomic mass is 10.2. The van der Waals surface area contributed by atoms with Gasteiger partial charge in [-0.05, 0) is 48.5 Å². The Hall–Kier alpha value is -2.81. The maximum absolute atomic E-state index is 13.1. The molecule has 0 N–H and O–H groups in total. The zero-order chi connectivity index (χ0) is 23.3. The SMILES string of the molecule is C=CCN(Cc1ccc(Cl)s1)C(=O)c1ccc(S(=O)(=O)N(C)c2ccccc2OC)cc1. The third kappa shape index (κ3) is 5.15. The van der Waals surface area contributed by atoms with Crippen molar-refractivity contribution < 1.29 is 17.9 Å². The molecular formula is C23H23ClN2O4S2. The van der Waals surface area contributed by atoms with E-state index in [9.17, 15) is 13.2 Å². The first-order chi connectivity index (χ1) is 15.3. The third-order valence-electron chi connectivity index (χ3n) is 4.80. The Labute approximate surface area is 197 Å². The lowest BCUT2D eigenvalue weighted by molar-refractivity contribution is 0.0764. The van der Waals surface area contributed by atoms with E-state index in [0.29, 0.717) is 34.4 Å². The highest BCUT2D eigenvalue weighted by molar-refractivity contribution is 7.92. The molecule has 0 aliphatic rings. The van der Waals surface area contributed by atoms with Crippen LogP contribution < -0.4 is 9.04 Å². The topological polar surface area (TPSA) is 66.9 Å². The molecule has 0 spiro atoms. The molecule has 0 aliphatic carbocycles. The zero-order valence-electron chi connectivity index (χ0n) is 17.7. The van der Waals surface area contributed by atoms with E-state index in [2.05, 4.69) is 6.58 Å². The number of sulfonamides is 1. The average molecular weight is 491 g/mol. The largest absolute Gasteiger partial charge is 0.495 e. The summed E-state index contributed by atoms with van der Waals surface area (Å²) in [5, 5.41) is 0. The summed E-state index contributed by atoms with van der Waals surface area (Å²) in [6, 6.07) is 16.4. The van der Waals surface area contributed by atoms with Gasteiger partial charge in [-0.3, -0.25) is 9.10 Å². The van der Waals surface area contributed by atoms with Gasteiger partial charge in [0, 0.05) is 24.0 Å². The summed E-state index contributed by atoms with van der Waals surface area (Å²) in [5.74, 6) is 0.218. The summed E-state index contributed by atoms with van der Waals surface area (Å²) in [7, 11) is -0.897. The van der Waals surface area contributed by atoms with E-state index in [1.165, 1.54) is 49.8 Å². The molecule has 32 heavy (non-hydrogen) atoms. The van der Waals surface area contributed by atoms with Gasteiger partial charge in [0.15, 0.2) is 0 Å². The van der Waals surface area contributed by atoms with Crippen molar-refractivity contribution in [3.8, 4) is 5.75 Å². The minimum absolute atomic E-state index is 0.0720. The normalized spacial score (nSPS) is 11.1. The Balaban J connectivity index is 1.83. The summed E-state index contributed by atoms with van der Waals surface area (Å²) < 4.78 is 33.3. The number of nitrogens with zero attached hydrogens (tertiary/aromatic N) is 2. The molecule has 3 aromatic rings. The van der Waals surface area contributed by atoms with Crippen molar-refractivity contribution >= 4 is 44.6 Å². The van der Waals surface area contributed by atoms with E-state index < -0.39 is 10.0 Å². The van der Waals surface area contributed by atoms with Crippen molar-refractivity contribution in [1.29, 1.82) is 0 Å². The predicted octanol–water partition coefficient (Wildman–Crippen LogP) is 5.06. The van der Waals surface area contributed by atoms with Crippen LogP contribution >= 0.6 is 22.9 Å². The lowest BCUT2D eigenvalue weighted by Gasteiger charge is -2.22. The molecule has 1 heterocycles. The molecule has 9 heteroatoms. The molecule has 1 aromatic heterocycles. The molecule has 0 fully saturated rings. The van der Waals surface area contributed by atoms with Gasteiger partial charge in [-0.2, -0.15) is 0 Å². The predicted molar refractivity (Wildman–Crippen MR) is 129 cm³/mol. The number of halogens is 1. The highest BCUT2D eigenvalue weighted by Crippen LogP contribution is 2.31. The second-order valence-corrected chi connectivity index (χ2v) is 10.6. The summed E-state index contributed by atoms with van der Waals surface area (Å²) in [6.07, 6.45) is 1.65. The number of ether oxygens (including phenoxy) is 1. The van der Waals surface area contributed by atoms with Gasteiger partial charge in [-0.1, -0.05) is 29.8 Å². The smallest absolute Gasteiger partial charge is 0.264 e. The van der Waals surface area contributed by atoms with Crippen molar-refractivity contribution in [2.45, 2.75) is 11.4 Å². The van der Waals surface area contributed by atoms with Gasteiger partial charge < -0.3 is 9.64 Å². The first-order valence-electron chi connectivity index (χ1n) is 9.64. The molecular weight excluding hydrogens is 468 g/mol. The Morgan fingerprint density at radius 3 is 2.41 bits per heavy atom. The minimum Gasteiger partial charge on any atom is -0.495 e. The fourth-order valence-electron chi connectivity index (χ4n) is 3.13. The summed E-state index contributed by atoms with van der Waals surface area (Å²) in [5.41, 5.74) is 0.801. The van der Waals surface area contributed by atoms with Crippen LogP contribution in [-0.4, -0.2) is 39.9 Å². The van der Waals surface area contributed by atoms with Crippen molar-refractivity contribution in [1.82, 2.24) is 4.90 Å². The molecule has 0 bridgehead atoms. The van der Waals surface area contributed by atoms with Gasteiger partial charge in [-0.25, -0.2) is 8.42 Å². The number of methoxy groups -OCH3 is 1. The van der Waals surface area contributed by atoms with Gasteiger partial charge in [0.25, 0.3) is 15.9 Å². The number of rotatable bonds is 9. The average Bonchev–Trinajstić information content (AvgIpc) is 3.22. The Kier molecular flexibility index (Phi) is 7.60. The molecule has 0 saturated heterocycles. The number of carbonyl (C=O) groups excluding carboxylic acids is 1. The number of carbonyl (C=O) groups is 1. The standard InChI is InChI=1S/C23H23ClN2O4S2/c1-4-15-26(16-18-11-14-22(24)31-18)23(27)17-9-12-19(13-10-17)32(28,29)25(2)20-7-5-6-8-21(20)30-3/h4-14H,1,15-16H2,2-3H3. The molecule has 3 rings (SSSR count). The van der Waals surface area contributed by atoms with Gasteiger partial charge in [0.1, 0.15) is 5.75 Å². The van der Waals surface area contributed by atoms with E-state index in [1.807, 2.05) is 6.07 Å². The Morgan fingerprint density at radius 2 is 1.81 bits per heavy atom. The van der Waals surface area contributed by atoms with Crippen LogP contribution in [0.5, 0.6) is 5.75 Å². The van der Waals surface area contributed by atoms with Crippen LogP contribution in [0.15, 0.2) is 78.2 Å². The molecule has 1 amide bonds. The maximum Gasteiger partial charge on any atom is 0.264 e. The first-order valence-corrected chi connectivity index (χ1v) is 12.3. The van der Waals surface area contributed by atoms with Gasteiger partial charge in [-0.15, -0.1) is 17.9 Å². The monoisotopic (exact) mass is 490 g/mol. The van der Waals surface area contributed by atoms with E-state index in [-0.39, 0.29) is 10.8 Å².